The number of carbonyl (C=O) groups excluding carboxylic acids is 1. The number of hydrogen-bond acceptors (Lipinski definition) is 6. The van der Waals surface area contributed by atoms with Gasteiger partial charge in [0.2, 0.25) is 0 Å². The lowest BCUT2D eigenvalue weighted by Crippen LogP contribution is -2.46. The fourth-order valence-corrected chi connectivity index (χ4v) is 4.92. The summed E-state index contributed by atoms with van der Waals surface area (Å²) in [4.78, 5) is 17.9. The minimum absolute atomic E-state index is 0.121. The molecule has 2 aliphatic heterocycles. The number of nitrogens with one attached hydrogen (secondary N) is 1. The van der Waals surface area contributed by atoms with Crippen molar-refractivity contribution in [3.05, 3.63) is 59.6 Å². The van der Waals surface area contributed by atoms with Crippen molar-refractivity contribution in [1.82, 2.24) is 15.4 Å². The first-order chi connectivity index (χ1) is 16.5. The van der Waals surface area contributed by atoms with Crippen molar-refractivity contribution in [2.45, 2.75) is 37.9 Å². The summed E-state index contributed by atoms with van der Waals surface area (Å²) in [6.07, 6.45) is -0.105. The van der Waals surface area contributed by atoms with Gasteiger partial charge in [-0.25, -0.2) is 0 Å². The van der Waals surface area contributed by atoms with Gasteiger partial charge in [0, 0.05) is 44.4 Å². The number of pyridine rings is 1. The van der Waals surface area contributed by atoms with E-state index in [9.17, 15) is 23.2 Å². The number of rotatable bonds is 7. The van der Waals surface area contributed by atoms with E-state index in [2.05, 4.69) is 36.1 Å². The zero-order chi connectivity index (χ0) is 25.4. The maximum Gasteiger partial charge on any atom is 0.406 e. The number of carbonyl (C=O) groups is 1. The van der Waals surface area contributed by atoms with Crippen LogP contribution in [0.4, 0.5) is 18.9 Å². The van der Waals surface area contributed by atoms with Crippen LogP contribution in [0.2, 0.25) is 25.7 Å². The first-order valence-corrected chi connectivity index (χ1v) is 14.9. The smallest absolute Gasteiger partial charge is 0.365 e. The van der Waals surface area contributed by atoms with Crippen LogP contribution in [0.5, 0.6) is 0 Å². The normalized spacial score (nSPS) is 18.0. The molecule has 0 spiro atoms. The zero-order valence-electron chi connectivity index (χ0n) is 19.7. The van der Waals surface area contributed by atoms with Crippen molar-refractivity contribution in [2.75, 3.05) is 24.8 Å². The van der Waals surface area contributed by atoms with Crippen LogP contribution in [-0.4, -0.2) is 50.0 Å². The van der Waals surface area contributed by atoms with Gasteiger partial charge in [-0.2, -0.15) is 23.4 Å². The molecule has 0 saturated heterocycles. The van der Waals surface area contributed by atoms with Gasteiger partial charge in [0.1, 0.15) is 13.3 Å². The molecule has 0 saturated carbocycles. The highest BCUT2D eigenvalue weighted by Crippen LogP contribution is 2.46. The van der Waals surface area contributed by atoms with E-state index in [4.69, 9.17) is 4.74 Å². The van der Waals surface area contributed by atoms with Crippen LogP contribution >= 0.6 is 0 Å². The second-order valence-corrected chi connectivity index (χ2v) is 15.4. The summed E-state index contributed by atoms with van der Waals surface area (Å²) in [6.45, 7) is 5.95. The van der Waals surface area contributed by atoms with E-state index in [1.165, 1.54) is 24.7 Å². The van der Waals surface area contributed by atoms with Crippen molar-refractivity contribution in [3.63, 3.8) is 0 Å². The maximum atomic E-state index is 13.5. The number of alkyl halides is 3. The highest BCUT2D eigenvalue weighted by atomic mass is 28.3. The standard InChI is InChI=1S/C24H26F3N5O2Si/c1-35(2,3)9-8-34-15-32-22-19-10-17(12-28)18(16-4-6-29-7-5-16)11-21(19)31(14-24(25,26)27)23(33)20(22)13-30-32/h4-7,10-11,13,22,30H,8-9,14-15H2,1-3H3. The van der Waals surface area contributed by atoms with Gasteiger partial charge in [-0.05, 0) is 35.9 Å². The highest BCUT2D eigenvalue weighted by Gasteiger charge is 2.46. The van der Waals surface area contributed by atoms with E-state index in [0.717, 1.165) is 10.9 Å². The van der Waals surface area contributed by atoms with Crippen LogP contribution in [0.25, 0.3) is 11.1 Å². The second-order valence-electron chi connectivity index (χ2n) is 9.76. The van der Waals surface area contributed by atoms with Crippen molar-refractivity contribution in [1.29, 1.82) is 5.26 Å². The lowest BCUT2D eigenvalue weighted by Gasteiger charge is -2.37. The topological polar surface area (TPSA) is 81.5 Å². The van der Waals surface area contributed by atoms with E-state index in [0.29, 0.717) is 28.9 Å². The number of benzene rings is 1. The molecular formula is C24H26F3N5O2Si. The molecule has 0 radical (unpaired) electrons. The Bertz CT molecular complexity index is 1190. The largest absolute Gasteiger partial charge is 0.406 e. The molecule has 4 rings (SSSR count). The highest BCUT2D eigenvalue weighted by molar-refractivity contribution is 6.76. The Balaban J connectivity index is 1.75. The molecule has 1 unspecified atom stereocenters. The molecule has 2 aromatic rings. The molecule has 184 valence electrons. The monoisotopic (exact) mass is 501 g/mol. The summed E-state index contributed by atoms with van der Waals surface area (Å²) >= 11 is 0. The zero-order valence-corrected chi connectivity index (χ0v) is 20.7. The number of ether oxygens (including phenoxy) is 1. The fraction of sp³-hybridized carbons (Fsp3) is 0.375. The summed E-state index contributed by atoms with van der Waals surface area (Å²) in [6, 6.07) is 8.83. The minimum Gasteiger partial charge on any atom is -0.365 e. The average molecular weight is 502 g/mol. The lowest BCUT2D eigenvalue weighted by atomic mass is 9.87. The van der Waals surface area contributed by atoms with E-state index in [-0.39, 0.29) is 18.0 Å². The van der Waals surface area contributed by atoms with Crippen LogP contribution in [0, 0.1) is 11.3 Å². The average Bonchev–Trinajstić information content (AvgIpc) is 3.22. The SMILES string of the molecule is C[Si](C)(C)CCOCN1NC=C2C(=O)N(CC(F)(F)F)c3cc(-c4ccncc4)c(C#N)cc3C21. The molecule has 2 aliphatic rings. The first-order valence-electron chi connectivity index (χ1n) is 11.2. The molecule has 35 heavy (non-hydrogen) atoms. The quantitative estimate of drug-likeness (QED) is 0.442. The van der Waals surface area contributed by atoms with Gasteiger partial charge < -0.3 is 10.2 Å². The van der Waals surface area contributed by atoms with Gasteiger partial charge in [-0.15, -0.1) is 0 Å². The van der Waals surface area contributed by atoms with Crippen molar-refractivity contribution in [3.8, 4) is 17.2 Å². The third-order valence-corrected chi connectivity index (χ3v) is 7.62. The summed E-state index contributed by atoms with van der Waals surface area (Å²) in [5.41, 5.74) is 5.06. The van der Waals surface area contributed by atoms with Crippen LogP contribution in [0.1, 0.15) is 17.2 Å². The number of aromatic nitrogens is 1. The van der Waals surface area contributed by atoms with E-state index in [1.54, 1.807) is 23.2 Å². The summed E-state index contributed by atoms with van der Waals surface area (Å²) in [5, 5.41) is 11.5. The number of amides is 1. The number of halogens is 3. The molecule has 1 N–H and O–H groups in total. The van der Waals surface area contributed by atoms with Crippen molar-refractivity contribution in [2.24, 2.45) is 0 Å². The van der Waals surface area contributed by atoms with Crippen LogP contribution < -0.4 is 10.3 Å². The molecule has 0 bridgehead atoms. The molecule has 0 fully saturated rings. The molecular weight excluding hydrogens is 475 g/mol. The molecule has 7 nitrogen and oxygen atoms in total. The first kappa shape index (κ1) is 24.9. The maximum absolute atomic E-state index is 13.5. The third-order valence-electron chi connectivity index (χ3n) is 5.91. The fourth-order valence-electron chi connectivity index (χ4n) is 4.16. The third kappa shape index (κ3) is 5.40. The number of anilines is 1. The molecule has 1 atom stereocenters. The van der Waals surface area contributed by atoms with Crippen molar-refractivity contribution >= 4 is 19.7 Å². The Morgan fingerprint density at radius 1 is 1.23 bits per heavy atom. The molecule has 1 amide bonds. The van der Waals surface area contributed by atoms with Gasteiger partial charge in [-0.3, -0.25) is 14.7 Å². The van der Waals surface area contributed by atoms with Gasteiger partial charge in [-0.1, -0.05) is 19.6 Å². The lowest BCUT2D eigenvalue weighted by molar-refractivity contribution is -0.131. The van der Waals surface area contributed by atoms with Gasteiger partial charge >= 0.3 is 6.18 Å². The van der Waals surface area contributed by atoms with Gasteiger partial charge in [0.25, 0.3) is 5.91 Å². The number of hydrazine groups is 1. The van der Waals surface area contributed by atoms with E-state index < -0.39 is 32.7 Å². The molecule has 0 aliphatic carbocycles. The Morgan fingerprint density at radius 2 is 1.94 bits per heavy atom. The number of nitrogens with zero attached hydrogens (tertiary/aromatic N) is 4. The van der Waals surface area contributed by atoms with Gasteiger partial charge in [0.05, 0.1) is 28.9 Å². The summed E-state index contributed by atoms with van der Waals surface area (Å²) in [7, 11) is -1.30. The van der Waals surface area contributed by atoms with E-state index in [1.807, 2.05) is 0 Å². The van der Waals surface area contributed by atoms with Crippen LogP contribution in [0.15, 0.2) is 48.4 Å². The Labute approximate surface area is 202 Å². The van der Waals surface area contributed by atoms with E-state index >= 15 is 0 Å². The summed E-state index contributed by atoms with van der Waals surface area (Å²) in [5.74, 6) is -0.734. The predicted octanol–water partition coefficient (Wildman–Crippen LogP) is 4.59. The predicted molar refractivity (Wildman–Crippen MR) is 128 cm³/mol. The Kier molecular flexibility index (Phi) is 6.72. The second kappa shape index (κ2) is 9.45. The molecule has 1 aromatic carbocycles. The number of nitriles is 1. The van der Waals surface area contributed by atoms with Gasteiger partial charge in [0.15, 0.2) is 0 Å². The minimum atomic E-state index is -4.60. The molecule has 11 heteroatoms. The molecule has 1 aromatic heterocycles. The Morgan fingerprint density at radius 3 is 2.57 bits per heavy atom. The van der Waals surface area contributed by atoms with Crippen LogP contribution in [0.3, 0.4) is 0 Å². The number of fused-ring (bicyclic) bond motifs is 3. The van der Waals surface area contributed by atoms with Crippen molar-refractivity contribution < 1.29 is 22.7 Å². The molecule has 3 heterocycles. The number of hydrogen-bond donors (Lipinski definition) is 1. The van der Waals surface area contributed by atoms with Crippen LogP contribution in [-0.2, 0) is 9.53 Å². The Hall–Kier alpha value is -3.20. The summed E-state index contributed by atoms with van der Waals surface area (Å²) < 4.78 is 46.3.